The van der Waals surface area contributed by atoms with E-state index in [2.05, 4.69) is 10.6 Å². The van der Waals surface area contributed by atoms with E-state index < -0.39 is 5.91 Å². The zero-order valence-corrected chi connectivity index (χ0v) is 15.8. The van der Waals surface area contributed by atoms with Gasteiger partial charge in [0.2, 0.25) is 11.8 Å². The fourth-order valence-corrected chi connectivity index (χ4v) is 2.92. The molecule has 0 atom stereocenters. The summed E-state index contributed by atoms with van der Waals surface area (Å²) in [6, 6.07) is 18.4. The SMILES string of the molecule is Cc1c(NC(=O)CNC(=O)Cc2ccccc2)c(=O)n(-c2ccccc2)n1C. The van der Waals surface area contributed by atoms with E-state index in [4.69, 9.17) is 0 Å². The Balaban J connectivity index is 1.66. The van der Waals surface area contributed by atoms with E-state index in [1.165, 1.54) is 4.68 Å². The highest BCUT2D eigenvalue weighted by Gasteiger charge is 2.18. The molecule has 0 unspecified atom stereocenters. The van der Waals surface area contributed by atoms with Crippen molar-refractivity contribution in [3.05, 3.63) is 82.3 Å². The third kappa shape index (κ3) is 4.20. The predicted octanol–water partition coefficient (Wildman–Crippen LogP) is 1.78. The van der Waals surface area contributed by atoms with Gasteiger partial charge in [0.05, 0.1) is 24.3 Å². The molecule has 3 rings (SSSR count). The van der Waals surface area contributed by atoms with E-state index in [9.17, 15) is 14.4 Å². The second-order valence-corrected chi connectivity index (χ2v) is 6.42. The molecule has 2 N–H and O–H groups in total. The maximum absolute atomic E-state index is 12.8. The van der Waals surface area contributed by atoms with Crippen molar-refractivity contribution in [3.63, 3.8) is 0 Å². The Morgan fingerprint density at radius 2 is 1.54 bits per heavy atom. The van der Waals surface area contributed by atoms with E-state index >= 15 is 0 Å². The minimum Gasteiger partial charge on any atom is -0.347 e. The van der Waals surface area contributed by atoms with Crippen molar-refractivity contribution in [2.24, 2.45) is 7.05 Å². The first-order chi connectivity index (χ1) is 13.5. The first-order valence-electron chi connectivity index (χ1n) is 8.92. The first-order valence-corrected chi connectivity index (χ1v) is 8.92. The number of rotatable bonds is 6. The van der Waals surface area contributed by atoms with Crippen molar-refractivity contribution in [2.75, 3.05) is 11.9 Å². The van der Waals surface area contributed by atoms with E-state index in [-0.39, 0.29) is 30.1 Å². The molecule has 144 valence electrons. The number of carbonyl (C=O) groups excluding carboxylic acids is 2. The maximum atomic E-state index is 12.8. The van der Waals surface area contributed by atoms with Gasteiger partial charge in [-0.1, -0.05) is 48.5 Å². The highest BCUT2D eigenvalue weighted by Crippen LogP contribution is 2.13. The van der Waals surface area contributed by atoms with Crippen LogP contribution in [-0.4, -0.2) is 27.7 Å². The second-order valence-electron chi connectivity index (χ2n) is 6.42. The molecule has 1 aromatic heterocycles. The Kier molecular flexibility index (Phi) is 5.74. The van der Waals surface area contributed by atoms with Crippen LogP contribution < -0.4 is 16.2 Å². The lowest BCUT2D eigenvalue weighted by Crippen LogP contribution is -2.34. The molecule has 7 nitrogen and oxygen atoms in total. The quantitative estimate of drug-likeness (QED) is 0.686. The third-order valence-electron chi connectivity index (χ3n) is 4.47. The summed E-state index contributed by atoms with van der Waals surface area (Å²) >= 11 is 0. The number of carbonyl (C=O) groups is 2. The Morgan fingerprint density at radius 3 is 2.18 bits per heavy atom. The van der Waals surface area contributed by atoms with Crippen molar-refractivity contribution in [3.8, 4) is 5.69 Å². The highest BCUT2D eigenvalue weighted by molar-refractivity contribution is 5.95. The van der Waals surface area contributed by atoms with Crippen molar-refractivity contribution < 1.29 is 9.59 Å². The van der Waals surface area contributed by atoms with Crippen LogP contribution in [0.5, 0.6) is 0 Å². The summed E-state index contributed by atoms with van der Waals surface area (Å²) in [5.41, 5.74) is 2.07. The van der Waals surface area contributed by atoms with Gasteiger partial charge in [-0.05, 0) is 24.6 Å². The summed E-state index contributed by atoms with van der Waals surface area (Å²) in [5, 5.41) is 5.20. The van der Waals surface area contributed by atoms with Crippen LogP contribution in [0.3, 0.4) is 0 Å². The van der Waals surface area contributed by atoms with Crippen molar-refractivity contribution in [2.45, 2.75) is 13.3 Å². The van der Waals surface area contributed by atoms with Crippen LogP contribution in [0.1, 0.15) is 11.3 Å². The summed E-state index contributed by atoms with van der Waals surface area (Å²) < 4.78 is 3.17. The monoisotopic (exact) mass is 378 g/mol. The zero-order chi connectivity index (χ0) is 20.1. The first kappa shape index (κ1) is 19.2. The summed E-state index contributed by atoms with van der Waals surface area (Å²) in [4.78, 5) is 37.0. The lowest BCUT2D eigenvalue weighted by Gasteiger charge is -2.07. The normalized spacial score (nSPS) is 10.5. The Morgan fingerprint density at radius 1 is 0.929 bits per heavy atom. The third-order valence-corrected chi connectivity index (χ3v) is 4.47. The minimum atomic E-state index is -0.451. The highest BCUT2D eigenvalue weighted by atomic mass is 16.2. The lowest BCUT2D eigenvalue weighted by molar-refractivity contribution is -0.123. The summed E-state index contributed by atoms with van der Waals surface area (Å²) in [5.74, 6) is -0.708. The number of amides is 2. The van der Waals surface area contributed by atoms with Crippen LogP contribution in [0.2, 0.25) is 0 Å². The molecular formula is C21H22N4O3. The molecule has 0 bridgehead atoms. The molecule has 0 radical (unpaired) electrons. The topological polar surface area (TPSA) is 85.1 Å². The Labute approximate surface area is 162 Å². The van der Waals surface area contributed by atoms with Gasteiger partial charge in [-0.15, -0.1) is 0 Å². The molecule has 0 aliphatic heterocycles. The van der Waals surface area contributed by atoms with E-state index in [0.717, 1.165) is 5.56 Å². The molecule has 2 amide bonds. The van der Waals surface area contributed by atoms with Gasteiger partial charge in [0, 0.05) is 7.05 Å². The molecular weight excluding hydrogens is 356 g/mol. The standard InChI is InChI=1S/C21H22N4O3/c1-15-20(21(28)25(24(15)2)17-11-7-4-8-12-17)23-19(27)14-22-18(26)13-16-9-5-3-6-10-16/h3-12H,13-14H2,1-2H3,(H,22,26)(H,23,27). The van der Waals surface area contributed by atoms with Crippen LogP contribution in [-0.2, 0) is 23.1 Å². The smallest absolute Gasteiger partial charge is 0.295 e. The molecule has 0 fully saturated rings. The second kappa shape index (κ2) is 8.39. The predicted molar refractivity (Wildman–Crippen MR) is 108 cm³/mol. The number of anilines is 1. The molecule has 28 heavy (non-hydrogen) atoms. The number of nitrogens with one attached hydrogen (secondary N) is 2. The van der Waals surface area contributed by atoms with Gasteiger partial charge in [0.15, 0.2) is 0 Å². The average Bonchev–Trinajstić information content (AvgIpc) is 2.91. The van der Waals surface area contributed by atoms with Crippen molar-refractivity contribution in [1.82, 2.24) is 14.7 Å². The van der Waals surface area contributed by atoms with E-state index in [1.54, 1.807) is 18.7 Å². The van der Waals surface area contributed by atoms with Crippen molar-refractivity contribution in [1.29, 1.82) is 0 Å². The number of para-hydroxylation sites is 1. The Hall–Kier alpha value is -3.61. The molecule has 0 saturated carbocycles. The van der Waals surface area contributed by atoms with Gasteiger partial charge >= 0.3 is 0 Å². The van der Waals surface area contributed by atoms with Gasteiger partial charge in [0.25, 0.3) is 5.56 Å². The summed E-state index contributed by atoms with van der Waals surface area (Å²) in [6.45, 7) is 1.55. The average molecular weight is 378 g/mol. The summed E-state index contributed by atoms with van der Waals surface area (Å²) in [6.07, 6.45) is 0.194. The Bertz CT molecular complexity index is 1040. The number of hydrogen-bond donors (Lipinski definition) is 2. The van der Waals surface area contributed by atoms with Crippen LogP contribution >= 0.6 is 0 Å². The molecule has 0 saturated heterocycles. The number of aromatic nitrogens is 2. The van der Waals surface area contributed by atoms with Crippen LogP contribution in [0.4, 0.5) is 5.69 Å². The van der Waals surface area contributed by atoms with Crippen LogP contribution in [0, 0.1) is 6.92 Å². The van der Waals surface area contributed by atoms with Gasteiger partial charge < -0.3 is 10.6 Å². The molecule has 0 spiro atoms. The zero-order valence-electron chi connectivity index (χ0n) is 15.8. The minimum absolute atomic E-state index is 0.194. The van der Waals surface area contributed by atoms with Gasteiger partial charge in [-0.25, -0.2) is 4.68 Å². The van der Waals surface area contributed by atoms with E-state index in [0.29, 0.717) is 11.4 Å². The van der Waals surface area contributed by atoms with Crippen LogP contribution in [0.15, 0.2) is 65.5 Å². The van der Waals surface area contributed by atoms with E-state index in [1.807, 2.05) is 60.7 Å². The number of nitrogens with zero attached hydrogens (tertiary/aromatic N) is 2. The fourth-order valence-electron chi connectivity index (χ4n) is 2.92. The van der Waals surface area contributed by atoms with Gasteiger partial charge in [0.1, 0.15) is 5.69 Å². The lowest BCUT2D eigenvalue weighted by atomic mass is 10.1. The van der Waals surface area contributed by atoms with Crippen LogP contribution in [0.25, 0.3) is 5.69 Å². The molecule has 0 aliphatic carbocycles. The summed E-state index contributed by atoms with van der Waals surface area (Å²) in [7, 11) is 1.75. The molecule has 1 heterocycles. The largest absolute Gasteiger partial charge is 0.347 e. The fraction of sp³-hybridized carbons (Fsp3) is 0.190. The molecule has 3 aromatic rings. The molecule has 2 aromatic carbocycles. The number of hydrogen-bond acceptors (Lipinski definition) is 3. The molecule has 0 aliphatic rings. The van der Waals surface area contributed by atoms with Gasteiger partial charge in [-0.3, -0.25) is 19.1 Å². The van der Waals surface area contributed by atoms with Gasteiger partial charge in [-0.2, -0.15) is 0 Å². The number of benzene rings is 2. The maximum Gasteiger partial charge on any atom is 0.295 e. The molecule has 7 heteroatoms. The van der Waals surface area contributed by atoms with Crippen molar-refractivity contribution >= 4 is 17.5 Å².